The molecule has 108 valence electrons. The topological polar surface area (TPSA) is 42.9 Å². The summed E-state index contributed by atoms with van der Waals surface area (Å²) in [6.07, 6.45) is 5.18. The van der Waals surface area contributed by atoms with E-state index in [0.29, 0.717) is 17.7 Å². The fourth-order valence-electron chi connectivity index (χ4n) is 2.34. The number of thioether (sulfide) groups is 1. The third kappa shape index (κ3) is 3.63. The number of Topliss-reactive ketones (excluding diaryl/α,β-unsaturated/α-hetero) is 1. The quantitative estimate of drug-likeness (QED) is 0.624. The van der Waals surface area contributed by atoms with Gasteiger partial charge in [0.2, 0.25) is 0 Å². The predicted molar refractivity (Wildman–Crippen MR) is 84.9 cm³/mol. The van der Waals surface area contributed by atoms with Crippen LogP contribution in [0.4, 0.5) is 0 Å². The third-order valence-electron chi connectivity index (χ3n) is 3.47. The molecule has 0 N–H and O–H groups in total. The number of carbonyl (C=O) groups is 1. The highest BCUT2D eigenvalue weighted by atomic mass is 35.5. The van der Waals surface area contributed by atoms with Crippen LogP contribution in [0.1, 0.15) is 41.1 Å². The lowest BCUT2D eigenvalue weighted by molar-refractivity contribution is 0.0981. The molecule has 1 aliphatic rings. The van der Waals surface area contributed by atoms with Crippen molar-refractivity contribution in [2.75, 3.05) is 0 Å². The largest absolute Gasteiger partial charge is 0.294 e. The number of rotatable bonds is 3. The lowest BCUT2D eigenvalue weighted by atomic mass is 10.1. The van der Waals surface area contributed by atoms with Crippen LogP contribution in [0.15, 0.2) is 35.4 Å². The zero-order valence-electron chi connectivity index (χ0n) is 11.5. The van der Waals surface area contributed by atoms with E-state index in [1.54, 1.807) is 18.0 Å². The van der Waals surface area contributed by atoms with Crippen LogP contribution in [0.25, 0.3) is 0 Å². The molecule has 1 heterocycles. The molecular formula is C16H15ClN2OS. The number of carbonyl (C=O) groups excluding carboxylic acids is 1. The van der Waals surface area contributed by atoms with E-state index in [9.17, 15) is 4.79 Å². The van der Waals surface area contributed by atoms with Crippen LogP contribution >= 0.6 is 23.4 Å². The summed E-state index contributed by atoms with van der Waals surface area (Å²) in [5.41, 5.74) is 1.63. The molecule has 0 saturated carbocycles. The Bertz CT molecular complexity index is 658. The number of nitrogens with zero attached hydrogens (tertiary/aromatic N) is 2. The number of benzene rings is 1. The molecule has 0 unspecified atom stereocenters. The van der Waals surface area contributed by atoms with Gasteiger partial charge in [0.1, 0.15) is 5.82 Å². The van der Waals surface area contributed by atoms with Gasteiger partial charge in [0, 0.05) is 22.5 Å². The van der Waals surface area contributed by atoms with Gasteiger partial charge in [0.15, 0.2) is 5.78 Å². The summed E-state index contributed by atoms with van der Waals surface area (Å²) in [6, 6.07) is 7.72. The fraction of sp³-hybridized carbons (Fsp3) is 0.312. The minimum Gasteiger partial charge on any atom is -0.294 e. The molecular weight excluding hydrogens is 304 g/mol. The van der Waals surface area contributed by atoms with E-state index >= 15 is 0 Å². The third-order valence-corrected chi connectivity index (χ3v) is 4.73. The SMILES string of the molecule is O=C1CCCCc2nc(CSc3ccc(Cl)cc3)ncc21. The monoisotopic (exact) mass is 318 g/mol. The number of ketones is 1. The van der Waals surface area contributed by atoms with Crippen molar-refractivity contribution in [2.24, 2.45) is 0 Å². The summed E-state index contributed by atoms with van der Waals surface area (Å²) >= 11 is 7.54. The highest BCUT2D eigenvalue weighted by molar-refractivity contribution is 7.98. The van der Waals surface area contributed by atoms with E-state index in [-0.39, 0.29) is 5.78 Å². The van der Waals surface area contributed by atoms with Crippen molar-refractivity contribution in [3.05, 3.63) is 52.6 Å². The van der Waals surface area contributed by atoms with E-state index in [0.717, 1.165) is 40.7 Å². The molecule has 0 atom stereocenters. The number of aromatic nitrogens is 2. The highest BCUT2D eigenvalue weighted by Crippen LogP contribution is 2.24. The Morgan fingerprint density at radius 1 is 1.14 bits per heavy atom. The Balaban J connectivity index is 1.73. The van der Waals surface area contributed by atoms with Crippen molar-refractivity contribution in [3.63, 3.8) is 0 Å². The Morgan fingerprint density at radius 2 is 1.90 bits per heavy atom. The van der Waals surface area contributed by atoms with E-state index in [4.69, 9.17) is 11.6 Å². The Labute approximate surface area is 133 Å². The van der Waals surface area contributed by atoms with Crippen molar-refractivity contribution >= 4 is 29.1 Å². The molecule has 1 aliphatic carbocycles. The Hall–Kier alpha value is -1.39. The number of halogens is 1. The lowest BCUT2D eigenvalue weighted by Crippen LogP contribution is -2.06. The number of aryl methyl sites for hydroxylation is 1. The van der Waals surface area contributed by atoms with Gasteiger partial charge in [0.25, 0.3) is 0 Å². The Kier molecular flexibility index (Phi) is 4.56. The van der Waals surface area contributed by atoms with Gasteiger partial charge in [0.05, 0.1) is 17.0 Å². The molecule has 0 aliphatic heterocycles. The molecule has 0 spiro atoms. The van der Waals surface area contributed by atoms with Gasteiger partial charge in [-0.2, -0.15) is 0 Å². The first-order valence-corrected chi connectivity index (χ1v) is 8.35. The van der Waals surface area contributed by atoms with Crippen molar-refractivity contribution in [2.45, 2.75) is 36.3 Å². The zero-order chi connectivity index (χ0) is 14.7. The molecule has 0 amide bonds. The fourth-order valence-corrected chi connectivity index (χ4v) is 3.23. The molecule has 1 aromatic heterocycles. The smallest absolute Gasteiger partial charge is 0.166 e. The van der Waals surface area contributed by atoms with Crippen LogP contribution in [0, 0.1) is 0 Å². The van der Waals surface area contributed by atoms with Crippen LogP contribution in [-0.2, 0) is 12.2 Å². The van der Waals surface area contributed by atoms with Gasteiger partial charge in [-0.05, 0) is 43.5 Å². The highest BCUT2D eigenvalue weighted by Gasteiger charge is 2.17. The van der Waals surface area contributed by atoms with E-state index in [1.807, 2.05) is 24.3 Å². The van der Waals surface area contributed by atoms with Crippen LogP contribution in [0.2, 0.25) is 5.02 Å². The van der Waals surface area contributed by atoms with Crippen molar-refractivity contribution in [1.82, 2.24) is 9.97 Å². The van der Waals surface area contributed by atoms with Gasteiger partial charge in [-0.25, -0.2) is 9.97 Å². The van der Waals surface area contributed by atoms with Gasteiger partial charge >= 0.3 is 0 Å². The first kappa shape index (κ1) is 14.5. The van der Waals surface area contributed by atoms with Gasteiger partial charge in [-0.3, -0.25) is 4.79 Å². The maximum Gasteiger partial charge on any atom is 0.166 e. The molecule has 3 nitrogen and oxygen atoms in total. The molecule has 21 heavy (non-hydrogen) atoms. The maximum atomic E-state index is 11.9. The van der Waals surface area contributed by atoms with E-state index in [1.165, 1.54) is 0 Å². The molecule has 0 fully saturated rings. The molecule has 2 aromatic rings. The molecule has 1 aromatic carbocycles. The molecule has 0 saturated heterocycles. The molecule has 3 rings (SSSR count). The van der Waals surface area contributed by atoms with Gasteiger partial charge < -0.3 is 0 Å². The lowest BCUT2D eigenvalue weighted by Gasteiger charge is -2.06. The van der Waals surface area contributed by atoms with Crippen molar-refractivity contribution in [3.8, 4) is 0 Å². The minimum absolute atomic E-state index is 0.180. The van der Waals surface area contributed by atoms with E-state index < -0.39 is 0 Å². The molecule has 0 radical (unpaired) electrons. The normalized spacial score (nSPS) is 14.6. The van der Waals surface area contributed by atoms with Crippen LogP contribution in [0.3, 0.4) is 0 Å². The summed E-state index contributed by atoms with van der Waals surface area (Å²) in [6.45, 7) is 0. The molecule has 5 heteroatoms. The summed E-state index contributed by atoms with van der Waals surface area (Å²) in [5, 5.41) is 0.735. The standard InChI is InChI=1S/C16H15ClN2OS/c17-11-5-7-12(8-6-11)21-10-16-18-9-13-14(19-16)3-1-2-4-15(13)20/h5-9H,1-4,10H2. The summed E-state index contributed by atoms with van der Waals surface area (Å²) < 4.78 is 0. The van der Waals surface area contributed by atoms with Crippen LogP contribution in [0.5, 0.6) is 0 Å². The first-order chi connectivity index (χ1) is 10.2. The average molecular weight is 319 g/mol. The summed E-state index contributed by atoms with van der Waals surface area (Å²) in [7, 11) is 0. The van der Waals surface area contributed by atoms with Crippen molar-refractivity contribution in [1.29, 1.82) is 0 Å². The Morgan fingerprint density at radius 3 is 2.71 bits per heavy atom. The van der Waals surface area contributed by atoms with Gasteiger partial charge in [-0.1, -0.05) is 11.6 Å². The zero-order valence-corrected chi connectivity index (χ0v) is 13.1. The summed E-state index contributed by atoms with van der Waals surface area (Å²) in [5.74, 6) is 1.66. The number of hydrogen-bond donors (Lipinski definition) is 0. The second-order valence-corrected chi connectivity index (χ2v) is 6.50. The predicted octanol–water partition coefficient (Wildman–Crippen LogP) is 4.33. The second-order valence-electron chi connectivity index (χ2n) is 5.02. The average Bonchev–Trinajstić information content (AvgIpc) is 2.68. The maximum absolute atomic E-state index is 11.9. The van der Waals surface area contributed by atoms with Crippen LogP contribution in [-0.4, -0.2) is 15.8 Å². The second kappa shape index (κ2) is 6.58. The molecule has 0 bridgehead atoms. The minimum atomic E-state index is 0.180. The summed E-state index contributed by atoms with van der Waals surface area (Å²) in [4.78, 5) is 22.0. The van der Waals surface area contributed by atoms with Crippen LogP contribution < -0.4 is 0 Å². The first-order valence-electron chi connectivity index (χ1n) is 6.99. The number of fused-ring (bicyclic) bond motifs is 1. The van der Waals surface area contributed by atoms with Crippen molar-refractivity contribution < 1.29 is 4.79 Å². The number of hydrogen-bond acceptors (Lipinski definition) is 4. The van der Waals surface area contributed by atoms with E-state index in [2.05, 4.69) is 9.97 Å². The van der Waals surface area contributed by atoms with Gasteiger partial charge in [-0.15, -0.1) is 11.8 Å².